The van der Waals surface area contributed by atoms with Crippen molar-refractivity contribution in [2.75, 3.05) is 13.7 Å². The summed E-state index contributed by atoms with van der Waals surface area (Å²) in [6.45, 7) is 18.0. The number of methoxy groups -OCH3 is 1. The van der Waals surface area contributed by atoms with Crippen LogP contribution in [0.5, 0.6) is 5.75 Å². The number of hydrogen-bond donors (Lipinski definition) is 2. The van der Waals surface area contributed by atoms with Crippen LogP contribution >= 0.6 is 0 Å². The predicted octanol–water partition coefficient (Wildman–Crippen LogP) is 7.57. The number of ether oxygens (including phenoxy) is 2. The predicted molar refractivity (Wildman–Crippen MR) is 201 cm³/mol. The highest BCUT2D eigenvalue weighted by molar-refractivity contribution is 6.70. The standard InChI is InChI=1S/C41H51BN4O5/c1-24(2)35(45-38(48)49-9)37(47)46-18-10-11-32(46)36-43-23-31(44-36)25-12-14-26(15-13-25)34-22-39(3,4)30-21-28(16-17-33(30)50-34)42-29-19-27(20-29)40(5,6)41(7,8)51-42/h12-17,19,21-24,29,32,35H,10-11,18,20H2,1-9H3,(H,43,44)(H,45,48)/t29?,32-,35-/m0/s1. The summed E-state index contributed by atoms with van der Waals surface area (Å²) in [4.78, 5) is 35.5. The van der Waals surface area contributed by atoms with Gasteiger partial charge in [0.25, 0.3) is 0 Å². The Bertz CT molecular complexity index is 1910. The fraction of sp³-hybridized carbons (Fsp3) is 0.488. The van der Waals surface area contributed by atoms with Crippen molar-refractivity contribution < 1.29 is 23.7 Å². The summed E-state index contributed by atoms with van der Waals surface area (Å²) in [5.41, 5.74) is 6.22. The van der Waals surface area contributed by atoms with Crippen LogP contribution < -0.4 is 15.5 Å². The van der Waals surface area contributed by atoms with Gasteiger partial charge in [0, 0.05) is 28.5 Å². The molecule has 0 radical (unpaired) electrons. The summed E-state index contributed by atoms with van der Waals surface area (Å²) in [6, 6.07) is 14.0. The zero-order valence-electron chi connectivity index (χ0n) is 31.4. The van der Waals surface area contributed by atoms with E-state index < -0.39 is 12.1 Å². The first kappa shape index (κ1) is 35.1. The molecule has 5 heterocycles. The molecular formula is C41H51BN4O5. The maximum absolute atomic E-state index is 13.6. The molecule has 1 aliphatic carbocycles. The van der Waals surface area contributed by atoms with Gasteiger partial charge in [-0.1, -0.05) is 89.6 Å². The number of hydrogen-bond acceptors (Lipinski definition) is 6. The summed E-state index contributed by atoms with van der Waals surface area (Å²) < 4.78 is 18.2. The number of H-pyrrole nitrogens is 1. The molecule has 1 aromatic heterocycles. The highest BCUT2D eigenvalue weighted by Gasteiger charge is 2.53. The van der Waals surface area contributed by atoms with Gasteiger partial charge in [-0.15, -0.1) is 0 Å². The third-order valence-corrected chi connectivity index (χ3v) is 12.0. The monoisotopic (exact) mass is 690 g/mol. The van der Waals surface area contributed by atoms with Crippen LogP contribution in [0.4, 0.5) is 4.79 Å². The number of alkyl carbamates (subject to hydrolysis) is 1. The van der Waals surface area contributed by atoms with Crippen molar-refractivity contribution in [3.63, 3.8) is 0 Å². The summed E-state index contributed by atoms with van der Waals surface area (Å²) >= 11 is 0. The number of carbonyl (C=O) groups is 2. The molecule has 2 saturated heterocycles. The van der Waals surface area contributed by atoms with Crippen molar-refractivity contribution in [2.45, 2.75) is 104 Å². The van der Waals surface area contributed by atoms with Gasteiger partial charge < -0.3 is 29.3 Å². The molecule has 3 aromatic rings. The fourth-order valence-corrected chi connectivity index (χ4v) is 8.06. The smallest absolute Gasteiger partial charge is 0.407 e. The number of nitrogens with one attached hydrogen (secondary N) is 2. The fourth-order valence-electron chi connectivity index (χ4n) is 8.06. The molecule has 3 atom stereocenters. The lowest BCUT2D eigenvalue weighted by Crippen LogP contribution is -2.51. The molecule has 2 fully saturated rings. The molecule has 10 heteroatoms. The number of allylic oxidation sites excluding steroid dienone is 2. The minimum atomic E-state index is -0.672. The maximum atomic E-state index is 13.6. The van der Waals surface area contributed by atoms with Gasteiger partial charge in [-0.2, -0.15) is 0 Å². The van der Waals surface area contributed by atoms with Crippen molar-refractivity contribution in [2.24, 2.45) is 11.3 Å². The Morgan fingerprint density at radius 2 is 1.76 bits per heavy atom. The van der Waals surface area contributed by atoms with E-state index in [9.17, 15) is 9.59 Å². The number of carbonyl (C=O) groups excluding carboxylic acids is 2. The van der Waals surface area contributed by atoms with Gasteiger partial charge in [-0.05, 0) is 68.0 Å². The summed E-state index contributed by atoms with van der Waals surface area (Å²) in [5, 5.41) is 2.71. The van der Waals surface area contributed by atoms with Crippen LogP contribution in [0.15, 0.2) is 66.4 Å². The molecule has 1 unspecified atom stereocenters. The zero-order chi connectivity index (χ0) is 36.5. The molecule has 2 amide bonds. The Balaban J connectivity index is 1.07. The number of amides is 2. The average molecular weight is 691 g/mol. The molecule has 0 spiro atoms. The second-order valence-corrected chi connectivity index (χ2v) is 16.6. The number of likely N-dealkylation sites (tertiary alicyclic amines) is 1. The lowest BCUT2D eigenvalue weighted by Gasteiger charge is -2.43. The minimum absolute atomic E-state index is 0.00223. The molecule has 0 saturated carbocycles. The Labute approximate surface area is 302 Å². The van der Waals surface area contributed by atoms with Crippen LogP contribution in [0.2, 0.25) is 5.82 Å². The van der Waals surface area contributed by atoms with Gasteiger partial charge in [0.1, 0.15) is 23.4 Å². The largest absolute Gasteiger partial charge is 0.457 e. The Morgan fingerprint density at radius 3 is 2.45 bits per heavy atom. The lowest BCUT2D eigenvalue weighted by atomic mass is 9.46. The SMILES string of the molecule is COC(=O)N[C@H](C(=O)N1CCC[C@H]1c1ncc(-c2ccc(C3=CC(C)(C)c4cc(B5OC(C)(C)C(C)(C)C6=CC5C6)ccc4O3)cc2)[nH]1)C(C)C. The van der Waals surface area contributed by atoms with E-state index in [1.54, 1.807) is 0 Å². The van der Waals surface area contributed by atoms with Gasteiger partial charge >= 0.3 is 13.0 Å². The summed E-state index contributed by atoms with van der Waals surface area (Å²) in [6.07, 6.45) is 8.62. The van der Waals surface area contributed by atoms with E-state index in [-0.39, 0.29) is 41.2 Å². The second-order valence-electron chi connectivity index (χ2n) is 16.6. The molecule has 4 aliphatic heterocycles. The van der Waals surface area contributed by atoms with Crippen LogP contribution in [0.25, 0.3) is 17.0 Å². The average Bonchev–Trinajstić information content (AvgIpc) is 3.73. The van der Waals surface area contributed by atoms with E-state index in [0.717, 1.165) is 53.4 Å². The van der Waals surface area contributed by atoms with Crippen LogP contribution in [-0.4, -0.2) is 59.1 Å². The van der Waals surface area contributed by atoms with E-state index in [1.807, 2.05) is 24.9 Å². The summed E-state index contributed by atoms with van der Waals surface area (Å²) in [7, 11) is 1.30. The molecule has 2 aromatic carbocycles. The van der Waals surface area contributed by atoms with Crippen molar-refractivity contribution in [1.82, 2.24) is 20.2 Å². The van der Waals surface area contributed by atoms with Crippen LogP contribution in [0.3, 0.4) is 0 Å². The molecule has 5 aliphatic rings. The van der Waals surface area contributed by atoms with Crippen molar-refractivity contribution in [3.8, 4) is 17.0 Å². The normalized spacial score (nSPS) is 23.3. The van der Waals surface area contributed by atoms with Crippen molar-refractivity contribution in [3.05, 3.63) is 83.3 Å². The first-order valence-corrected chi connectivity index (χ1v) is 18.3. The second kappa shape index (κ2) is 12.7. The molecular weight excluding hydrogens is 639 g/mol. The molecule has 51 heavy (non-hydrogen) atoms. The number of aromatic amines is 1. The quantitative estimate of drug-likeness (QED) is 0.196. The Kier molecular flexibility index (Phi) is 8.76. The first-order chi connectivity index (χ1) is 24.1. The van der Waals surface area contributed by atoms with Crippen LogP contribution in [0.1, 0.15) is 97.6 Å². The lowest BCUT2D eigenvalue weighted by molar-refractivity contribution is -0.135. The zero-order valence-corrected chi connectivity index (χ0v) is 31.4. The topological polar surface area (TPSA) is 106 Å². The van der Waals surface area contributed by atoms with E-state index in [2.05, 4.69) is 106 Å². The molecule has 8 rings (SSSR count). The number of benzene rings is 2. The Morgan fingerprint density at radius 1 is 1.06 bits per heavy atom. The number of rotatable bonds is 7. The Hall–Kier alpha value is -4.31. The first-order valence-electron chi connectivity index (χ1n) is 18.3. The van der Waals surface area contributed by atoms with Gasteiger partial charge in [0.2, 0.25) is 5.91 Å². The van der Waals surface area contributed by atoms with E-state index >= 15 is 0 Å². The number of fused-ring (bicyclic) bond motifs is 4. The van der Waals surface area contributed by atoms with Crippen LogP contribution in [0, 0.1) is 11.3 Å². The number of imidazole rings is 1. The van der Waals surface area contributed by atoms with Crippen molar-refractivity contribution in [1.29, 1.82) is 0 Å². The van der Waals surface area contributed by atoms with E-state index in [4.69, 9.17) is 19.1 Å². The third kappa shape index (κ3) is 6.19. The maximum Gasteiger partial charge on any atom is 0.407 e. The number of aromatic nitrogens is 2. The molecule has 9 nitrogen and oxygen atoms in total. The minimum Gasteiger partial charge on any atom is -0.457 e. The highest BCUT2D eigenvalue weighted by Crippen LogP contribution is 2.54. The van der Waals surface area contributed by atoms with Crippen LogP contribution in [-0.2, 0) is 19.6 Å². The molecule has 268 valence electrons. The van der Waals surface area contributed by atoms with Gasteiger partial charge in [0.05, 0.1) is 30.6 Å². The van der Waals surface area contributed by atoms with Gasteiger partial charge in [-0.3, -0.25) is 4.79 Å². The number of nitrogens with zero attached hydrogens (tertiary/aromatic N) is 2. The van der Waals surface area contributed by atoms with E-state index in [0.29, 0.717) is 12.4 Å². The van der Waals surface area contributed by atoms with Gasteiger partial charge in [-0.25, -0.2) is 9.78 Å². The molecule has 2 N–H and O–H groups in total. The molecule has 2 bridgehead atoms. The third-order valence-electron chi connectivity index (χ3n) is 12.0. The highest BCUT2D eigenvalue weighted by atomic mass is 16.5. The van der Waals surface area contributed by atoms with Gasteiger partial charge in [0.15, 0.2) is 0 Å². The van der Waals surface area contributed by atoms with Crippen molar-refractivity contribution >= 4 is 30.1 Å². The summed E-state index contributed by atoms with van der Waals surface area (Å²) in [5.74, 6) is 2.63. The van der Waals surface area contributed by atoms with E-state index in [1.165, 1.54) is 23.7 Å².